The van der Waals surface area contributed by atoms with E-state index in [1.807, 2.05) is 0 Å². The molecule has 176 valence electrons. The van der Waals surface area contributed by atoms with E-state index in [2.05, 4.69) is 5.32 Å². The molecule has 1 saturated heterocycles. The molecule has 0 unspecified atom stereocenters. The topological polar surface area (TPSA) is 154 Å². The number of nitrogens with zero attached hydrogens (tertiary/aromatic N) is 2. The van der Waals surface area contributed by atoms with Crippen molar-refractivity contribution in [1.29, 1.82) is 0 Å². The van der Waals surface area contributed by atoms with Crippen molar-refractivity contribution in [3.63, 3.8) is 0 Å². The number of amides is 3. The van der Waals surface area contributed by atoms with Crippen LogP contribution in [-0.2, 0) is 19.1 Å². The summed E-state index contributed by atoms with van der Waals surface area (Å²) in [6, 6.07) is 8.04. The summed E-state index contributed by atoms with van der Waals surface area (Å²) in [5, 5.41) is 13.8. The number of carbonyl (C=O) groups excluding carboxylic acids is 4. The maximum absolute atomic E-state index is 12.3. The number of ether oxygens (including phenoxy) is 3. The second-order valence-electron chi connectivity index (χ2n) is 7.42. The van der Waals surface area contributed by atoms with Crippen LogP contribution in [0.4, 0.5) is 17.1 Å². The zero-order valence-electron chi connectivity index (χ0n) is 17.8. The van der Waals surface area contributed by atoms with Crippen molar-refractivity contribution in [2.24, 2.45) is 0 Å². The van der Waals surface area contributed by atoms with Gasteiger partial charge in [0.2, 0.25) is 11.8 Å². The Kier molecular flexibility index (Phi) is 6.39. The van der Waals surface area contributed by atoms with E-state index in [4.69, 9.17) is 14.2 Å². The minimum atomic E-state index is -0.825. The first kappa shape index (κ1) is 22.7. The number of carbonyl (C=O) groups is 4. The first-order valence-corrected chi connectivity index (χ1v) is 10.3. The van der Waals surface area contributed by atoms with Gasteiger partial charge >= 0.3 is 5.97 Å². The number of nitro groups is 1. The number of hydrogen-bond acceptors (Lipinski definition) is 9. The first-order valence-electron chi connectivity index (χ1n) is 10.3. The normalized spacial score (nSPS) is 15.0. The molecule has 0 saturated carbocycles. The van der Waals surface area contributed by atoms with Crippen molar-refractivity contribution in [3.8, 4) is 11.5 Å². The van der Waals surface area contributed by atoms with Crippen LogP contribution in [0.3, 0.4) is 0 Å². The fourth-order valence-electron chi connectivity index (χ4n) is 3.46. The quantitative estimate of drug-likeness (QED) is 0.290. The number of nitrogens with one attached hydrogen (secondary N) is 1. The fourth-order valence-corrected chi connectivity index (χ4v) is 3.46. The number of benzene rings is 2. The molecule has 3 amide bonds. The van der Waals surface area contributed by atoms with Crippen molar-refractivity contribution < 1.29 is 38.3 Å². The predicted octanol–water partition coefficient (Wildman–Crippen LogP) is 2.21. The van der Waals surface area contributed by atoms with Crippen LogP contribution >= 0.6 is 0 Å². The van der Waals surface area contributed by atoms with Crippen LogP contribution in [0.1, 0.15) is 29.6 Å². The molecule has 0 atom stereocenters. The highest BCUT2D eigenvalue weighted by Gasteiger charge is 2.30. The maximum atomic E-state index is 12.3. The van der Waals surface area contributed by atoms with Crippen LogP contribution in [0.25, 0.3) is 0 Å². The van der Waals surface area contributed by atoms with Crippen LogP contribution < -0.4 is 19.7 Å². The molecule has 0 spiro atoms. The monoisotopic (exact) mass is 469 g/mol. The van der Waals surface area contributed by atoms with E-state index in [9.17, 15) is 29.3 Å². The Bertz CT molecular complexity index is 1160. The summed E-state index contributed by atoms with van der Waals surface area (Å²) in [6.45, 7) is 0.00139. The number of imide groups is 1. The van der Waals surface area contributed by atoms with E-state index >= 15 is 0 Å². The predicted molar refractivity (Wildman–Crippen MR) is 116 cm³/mol. The molecular weight excluding hydrogens is 450 g/mol. The Morgan fingerprint density at radius 2 is 1.65 bits per heavy atom. The molecule has 12 nitrogen and oxygen atoms in total. The summed E-state index contributed by atoms with van der Waals surface area (Å²) in [5.41, 5.74) is -0.0918. The van der Waals surface area contributed by atoms with E-state index in [1.54, 1.807) is 0 Å². The van der Waals surface area contributed by atoms with Gasteiger partial charge in [0.25, 0.3) is 11.6 Å². The second kappa shape index (κ2) is 9.57. The minimum absolute atomic E-state index is 0.0946. The molecular formula is C22H19N3O9. The second-order valence-corrected chi connectivity index (χ2v) is 7.42. The summed E-state index contributed by atoms with van der Waals surface area (Å²) in [5.74, 6) is -1.80. The summed E-state index contributed by atoms with van der Waals surface area (Å²) in [7, 11) is 0. The third-order valence-electron chi connectivity index (χ3n) is 5.08. The highest BCUT2D eigenvalue weighted by molar-refractivity contribution is 6.19. The van der Waals surface area contributed by atoms with Crippen LogP contribution in [0, 0.1) is 10.1 Å². The average Bonchev–Trinajstić information content (AvgIpc) is 3.00. The molecule has 0 radical (unpaired) electrons. The molecule has 2 aliphatic rings. The van der Waals surface area contributed by atoms with Crippen LogP contribution in [0.2, 0.25) is 0 Å². The van der Waals surface area contributed by atoms with E-state index in [-0.39, 0.29) is 47.4 Å². The highest BCUT2D eigenvalue weighted by Crippen LogP contribution is 2.39. The standard InChI is InChI=1S/C22H19N3O9/c26-19(23-15-10-17-18(11-16(15)25(30)31)33-9-1-8-32-17)12-34-22(29)13-2-4-14(5-3-13)24-20(27)6-7-21(24)28/h2-5,10-11H,1,6-9,12H2,(H,23,26). The third kappa shape index (κ3) is 4.80. The fraction of sp³-hybridized carbons (Fsp3) is 0.273. The molecule has 2 aromatic carbocycles. The van der Waals surface area contributed by atoms with Gasteiger partial charge in [0.05, 0.1) is 35.5 Å². The smallest absolute Gasteiger partial charge is 0.338 e. The lowest BCUT2D eigenvalue weighted by molar-refractivity contribution is -0.384. The van der Waals surface area contributed by atoms with Gasteiger partial charge in [-0.25, -0.2) is 4.79 Å². The Balaban J connectivity index is 1.39. The lowest BCUT2D eigenvalue weighted by Crippen LogP contribution is -2.28. The zero-order valence-corrected chi connectivity index (χ0v) is 17.8. The summed E-state index contributed by atoms with van der Waals surface area (Å²) < 4.78 is 15.9. The Morgan fingerprint density at radius 3 is 2.26 bits per heavy atom. The molecule has 2 aliphatic heterocycles. The highest BCUT2D eigenvalue weighted by atomic mass is 16.6. The molecule has 0 aromatic heterocycles. The van der Waals surface area contributed by atoms with Crippen molar-refractivity contribution in [2.45, 2.75) is 19.3 Å². The Labute approximate surface area is 192 Å². The molecule has 1 N–H and O–H groups in total. The minimum Gasteiger partial charge on any atom is -0.489 e. The zero-order chi connectivity index (χ0) is 24.2. The average molecular weight is 469 g/mol. The molecule has 34 heavy (non-hydrogen) atoms. The number of rotatable bonds is 6. The molecule has 1 fully saturated rings. The summed E-state index contributed by atoms with van der Waals surface area (Å²) in [6.07, 6.45) is 0.879. The van der Waals surface area contributed by atoms with Crippen molar-refractivity contribution in [1.82, 2.24) is 0 Å². The van der Waals surface area contributed by atoms with Crippen LogP contribution in [0.15, 0.2) is 36.4 Å². The SMILES string of the molecule is O=C(COC(=O)c1ccc(N2C(=O)CCC2=O)cc1)Nc1cc2c(cc1[N+](=O)[O-])OCCCO2. The van der Waals surface area contributed by atoms with E-state index in [0.717, 1.165) is 4.90 Å². The molecule has 2 heterocycles. The van der Waals surface area contributed by atoms with E-state index in [1.165, 1.54) is 36.4 Å². The number of anilines is 2. The number of fused-ring (bicyclic) bond motifs is 1. The van der Waals surface area contributed by atoms with Crippen LogP contribution in [0.5, 0.6) is 11.5 Å². The number of nitro benzene ring substituents is 1. The van der Waals surface area contributed by atoms with Gasteiger partial charge in [-0.15, -0.1) is 0 Å². The van der Waals surface area contributed by atoms with Crippen molar-refractivity contribution in [2.75, 3.05) is 30.0 Å². The van der Waals surface area contributed by atoms with Crippen molar-refractivity contribution in [3.05, 3.63) is 52.1 Å². The Morgan fingerprint density at radius 1 is 1.03 bits per heavy atom. The van der Waals surface area contributed by atoms with Gasteiger partial charge in [-0.3, -0.25) is 29.4 Å². The van der Waals surface area contributed by atoms with Gasteiger partial charge in [-0.1, -0.05) is 0 Å². The molecule has 0 aliphatic carbocycles. The summed E-state index contributed by atoms with van der Waals surface area (Å²) in [4.78, 5) is 60.0. The lowest BCUT2D eigenvalue weighted by atomic mass is 10.2. The van der Waals surface area contributed by atoms with Gasteiger partial charge in [0.1, 0.15) is 5.69 Å². The van der Waals surface area contributed by atoms with E-state index < -0.39 is 29.1 Å². The number of hydrogen-bond donors (Lipinski definition) is 1. The molecule has 4 rings (SSSR count). The van der Waals surface area contributed by atoms with Gasteiger partial charge in [0.15, 0.2) is 18.1 Å². The van der Waals surface area contributed by atoms with Gasteiger partial charge in [-0.2, -0.15) is 0 Å². The summed E-state index contributed by atoms with van der Waals surface area (Å²) >= 11 is 0. The molecule has 2 aromatic rings. The van der Waals surface area contributed by atoms with E-state index in [0.29, 0.717) is 25.3 Å². The van der Waals surface area contributed by atoms with Gasteiger partial charge in [-0.05, 0) is 24.3 Å². The molecule has 0 bridgehead atoms. The van der Waals surface area contributed by atoms with Crippen LogP contribution in [-0.4, -0.2) is 48.4 Å². The maximum Gasteiger partial charge on any atom is 0.338 e. The largest absolute Gasteiger partial charge is 0.489 e. The third-order valence-corrected chi connectivity index (χ3v) is 5.08. The number of esters is 1. The van der Waals surface area contributed by atoms with Gasteiger partial charge in [0, 0.05) is 25.3 Å². The Hall–Kier alpha value is -4.48. The molecule has 12 heteroatoms. The lowest BCUT2D eigenvalue weighted by Gasteiger charge is -2.14. The van der Waals surface area contributed by atoms with Gasteiger partial charge < -0.3 is 19.5 Å². The first-order chi connectivity index (χ1) is 16.3. The van der Waals surface area contributed by atoms with Crippen molar-refractivity contribution >= 4 is 40.8 Å².